The molecule has 2 heterocycles. The van der Waals surface area contributed by atoms with E-state index in [0.717, 1.165) is 5.69 Å². The number of nitrogens with zero attached hydrogens (tertiary/aromatic N) is 2. The maximum absolute atomic E-state index is 5.80. The van der Waals surface area contributed by atoms with E-state index in [-0.39, 0.29) is 5.92 Å². The first-order chi connectivity index (χ1) is 9.16. The molecule has 1 aromatic carbocycles. The summed E-state index contributed by atoms with van der Waals surface area (Å²) in [6.45, 7) is 4.21. The molecule has 0 aliphatic rings. The molecule has 0 spiro atoms. The van der Waals surface area contributed by atoms with E-state index >= 15 is 0 Å². The zero-order chi connectivity index (χ0) is 13.4. The van der Waals surface area contributed by atoms with Crippen LogP contribution in [-0.2, 0) is 0 Å². The van der Waals surface area contributed by atoms with Gasteiger partial charge in [-0.05, 0) is 23.9 Å². The Morgan fingerprint density at radius 1 is 1.26 bits per heavy atom. The second-order valence-corrected chi connectivity index (χ2v) is 5.73. The van der Waals surface area contributed by atoms with Crippen molar-refractivity contribution < 1.29 is 0 Å². The van der Waals surface area contributed by atoms with Gasteiger partial charge in [0.1, 0.15) is 0 Å². The third-order valence-electron chi connectivity index (χ3n) is 3.43. The molecule has 0 bridgehead atoms. The summed E-state index contributed by atoms with van der Waals surface area (Å²) >= 11 is 1.57. The number of thiazole rings is 1. The molecule has 0 aliphatic heterocycles. The SMILES string of the molecule is Cc1nc(N)sc1C(C)c1cccc2ccncc12. The van der Waals surface area contributed by atoms with E-state index in [1.807, 2.05) is 25.4 Å². The molecule has 3 rings (SSSR count). The van der Waals surface area contributed by atoms with Crippen molar-refractivity contribution in [3.05, 3.63) is 52.8 Å². The van der Waals surface area contributed by atoms with Gasteiger partial charge < -0.3 is 5.73 Å². The van der Waals surface area contributed by atoms with Crippen LogP contribution in [0.2, 0.25) is 0 Å². The highest BCUT2D eigenvalue weighted by Gasteiger charge is 2.17. The third-order valence-corrected chi connectivity index (χ3v) is 4.60. The van der Waals surface area contributed by atoms with Crippen molar-refractivity contribution in [3.8, 4) is 0 Å². The zero-order valence-corrected chi connectivity index (χ0v) is 11.7. The molecule has 3 aromatic rings. The van der Waals surface area contributed by atoms with Gasteiger partial charge in [0.2, 0.25) is 0 Å². The summed E-state index contributed by atoms with van der Waals surface area (Å²) in [5, 5.41) is 3.05. The minimum absolute atomic E-state index is 0.280. The van der Waals surface area contributed by atoms with Crippen LogP contribution in [0.25, 0.3) is 10.8 Å². The van der Waals surface area contributed by atoms with Crippen molar-refractivity contribution in [1.29, 1.82) is 0 Å². The summed E-state index contributed by atoms with van der Waals surface area (Å²) in [5.41, 5.74) is 8.10. The first-order valence-corrected chi connectivity index (χ1v) is 7.04. The Hall–Kier alpha value is -1.94. The molecule has 4 heteroatoms. The van der Waals surface area contributed by atoms with E-state index in [2.05, 4.69) is 35.1 Å². The van der Waals surface area contributed by atoms with Crippen LogP contribution in [0.1, 0.15) is 29.0 Å². The summed E-state index contributed by atoms with van der Waals surface area (Å²) in [6, 6.07) is 8.40. The van der Waals surface area contributed by atoms with E-state index in [1.54, 1.807) is 11.3 Å². The average Bonchev–Trinajstić information content (AvgIpc) is 2.76. The molecule has 0 radical (unpaired) electrons. The third kappa shape index (κ3) is 2.08. The Bertz CT molecular complexity index is 728. The number of nitrogen functional groups attached to an aromatic ring is 1. The number of hydrogen-bond donors (Lipinski definition) is 1. The van der Waals surface area contributed by atoms with Crippen LogP contribution in [0.5, 0.6) is 0 Å². The van der Waals surface area contributed by atoms with Crippen LogP contribution in [0.4, 0.5) is 5.13 Å². The van der Waals surface area contributed by atoms with Crippen LogP contribution < -0.4 is 5.73 Å². The number of rotatable bonds is 2. The maximum Gasteiger partial charge on any atom is 0.180 e. The smallest absolute Gasteiger partial charge is 0.180 e. The normalized spacial score (nSPS) is 12.7. The van der Waals surface area contributed by atoms with E-state index in [1.165, 1.54) is 21.2 Å². The lowest BCUT2D eigenvalue weighted by molar-refractivity contribution is 0.936. The monoisotopic (exact) mass is 269 g/mol. The largest absolute Gasteiger partial charge is 0.375 e. The number of pyridine rings is 1. The van der Waals surface area contributed by atoms with Gasteiger partial charge in [-0.3, -0.25) is 4.98 Å². The summed E-state index contributed by atoms with van der Waals surface area (Å²) in [6.07, 6.45) is 3.76. The summed E-state index contributed by atoms with van der Waals surface area (Å²) < 4.78 is 0. The summed E-state index contributed by atoms with van der Waals surface area (Å²) in [7, 11) is 0. The van der Waals surface area contributed by atoms with E-state index < -0.39 is 0 Å². The Balaban J connectivity index is 2.16. The van der Waals surface area contributed by atoms with Crippen molar-refractivity contribution in [3.63, 3.8) is 0 Å². The molecular weight excluding hydrogens is 254 g/mol. The molecule has 19 heavy (non-hydrogen) atoms. The predicted molar refractivity (Wildman–Crippen MR) is 80.5 cm³/mol. The fourth-order valence-corrected chi connectivity index (χ4v) is 3.39. The molecule has 1 atom stereocenters. The van der Waals surface area contributed by atoms with Gasteiger partial charge in [0.25, 0.3) is 0 Å². The molecule has 96 valence electrons. The number of anilines is 1. The lowest BCUT2D eigenvalue weighted by Crippen LogP contribution is -1.97. The van der Waals surface area contributed by atoms with E-state index in [4.69, 9.17) is 5.73 Å². The molecule has 3 nitrogen and oxygen atoms in total. The molecule has 2 aromatic heterocycles. The Kier molecular flexibility index (Phi) is 2.95. The number of fused-ring (bicyclic) bond motifs is 1. The van der Waals surface area contributed by atoms with E-state index in [0.29, 0.717) is 5.13 Å². The topological polar surface area (TPSA) is 51.8 Å². The number of nitrogens with two attached hydrogens (primary N) is 1. The van der Waals surface area contributed by atoms with Crippen LogP contribution in [0.15, 0.2) is 36.7 Å². The molecule has 0 aliphatic carbocycles. The quantitative estimate of drug-likeness (QED) is 0.771. The minimum Gasteiger partial charge on any atom is -0.375 e. The molecule has 0 saturated carbocycles. The highest BCUT2D eigenvalue weighted by Crippen LogP contribution is 2.35. The number of aromatic nitrogens is 2. The molecule has 0 fully saturated rings. The minimum atomic E-state index is 0.280. The number of benzene rings is 1. The highest BCUT2D eigenvalue weighted by atomic mass is 32.1. The number of aryl methyl sites for hydroxylation is 1. The second-order valence-electron chi connectivity index (χ2n) is 4.67. The van der Waals surface area contributed by atoms with Gasteiger partial charge in [-0.25, -0.2) is 4.98 Å². The first kappa shape index (κ1) is 12.1. The Morgan fingerprint density at radius 3 is 2.84 bits per heavy atom. The van der Waals surface area contributed by atoms with Crippen molar-refractivity contribution in [2.24, 2.45) is 0 Å². The fraction of sp³-hybridized carbons (Fsp3) is 0.200. The lowest BCUT2D eigenvalue weighted by Gasteiger charge is -2.13. The molecule has 0 amide bonds. The zero-order valence-electron chi connectivity index (χ0n) is 10.9. The van der Waals surface area contributed by atoms with Gasteiger partial charge >= 0.3 is 0 Å². The van der Waals surface area contributed by atoms with Gasteiger partial charge in [-0.15, -0.1) is 11.3 Å². The number of hydrogen-bond acceptors (Lipinski definition) is 4. The van der Waals surface area contributed by atoms with Gasteiger partial charge in [-0.1, -0.05) is 25.1 Å². The van der Waals surface area contributed by atoms with Crippen LogP contribution >= 0.6 is 11.3 Å². The van der Waals surface area contributed by atoms with E-state index in [9.17, 15) is 0 Å². The van der Waals surface area contributed by atoms with Crippen LogP contribution in [0, 0.1) is 6.92 Å². The molecular formula is C15H15N3S. The maximum atomic E-state index is 5.80. The van der Waals surface area contributed by atoms with Gasteiger partial charge in [-0.2, -0.15) is 0 Å². The highest BCUT2D eigenvalue weighted by molar-refractivity contribution is 7.15. The van der Waals surface area contributed by atoms with Crippen LogP contribution in [-0.4, -0.2) is 9.97 Å². The fourth-order valence-electron chi connectivity index (χ4n) is 2.49. The molecule has 2 N–H and O–H groups in total. The predicted octanol–water partition coefficient (Wildman–Crippen LogP) is 3.73. The lowest BCUT2D eigenvalue weighted by atomic mass is 9.94. The van der Waals surface area contributed by atoms with Crippen LogP contribution in [0.3, 0.4) is 0 Å². The first-order valence-electron chi connectivity index (χ1n) is 6.22. The average molecular weight is 269 g/mol. The van der Waals surface area contributed by atoms with Crippen molar-refractivity contribution in [2.75, 3.05) is 5.73 Å². The van der Waals surface area contributed by atoms with Gasteiger partial charge in [0, 0.05) is 28.6 Å². The summed E-state index contributed by atoms with van der Waals surface area (Å²) in [4.78, 5) is 9.79. The summed E-state index contributed by atoms with van der Waals surface area (Å²) in [5.74, 6) is 0.280. The Morgan fingerprint density at radius 2 is 2.11 bits per heavy atom. The van der Waals surface area contributed by atoms with Gasteiger partial charge in [0.15, 0.2) is 5.13 Å². The standard InChI is InChI=1S/C15H15N3S/c1-9(14-10(2)18-15(16)19-14)12-5-3-4-11-6-7-17-8-13(11)12/h3-9H,1-2H3,(H2,16,18). The van der Waals surface area contributed by atoms with Crippen molar-refractivity contribution in [1.82, 2.24) is 9.97 Å². The van der Waals surface area contributed by atoms with Gasteiger partial charge in [0.05, 0.1) is 5.69 Å². The molecule has 1 unspecified atom stereocenters. The Labute approximate surface area is 116 Å². The second kappa shape index (κ2) is 4.63. The molecule has 0 saturated heterocycles. The van der Waals surface area contributed by atoms with Crippen molar-refractivity contribution in [2.45, 2.75) is 19.8 Å². The van der Waals surface area contributed by atoms with Crippen molar-refractivity contribution >= 4 is 27.2 Å².